The topological polar surface area (TPSA) is 98.1 Å². The van der Waals surface area contributed by atoms with Crippen LogP contribution in [0.5, 0.6) is 0 Å². The largest absolute Gasteiger partial charge is 0.383 e. The van der Waals surface area contributed by atoms with Gasteiger partial charge in [0.25, 0.3) is 5.91 Å². The van der Waals surface area contributed by atoms with E-state index in [0.29, 0.717) is 19.1 Å². The molecule has 0 saturated carbocycles. The summed E-state index contributed by atoms with van der Waals surface area (Å²) in [6, 6.07) is -0.616. The highest BCUT2D eigenvalue weighted by atomic mass is 16.5. The summed E-state index contributed by atoms with van der Waals surface area (Å²) in [5.74, 6) is -0.0993. The second-order valence-corrected chi connectivity index (χ2v) is 3.58. The summed E-state index contributed by atoms with van der Waals surface area (Å²) in [6.45, 7) is 0.866. The summed E-state index contributed by atoms with van der Waals surface area (Å²) in [5.41, 5.74) is 0. The Morgan fingerprint density at radius 3 is 3.29 bits per heavy atom. The third-order valence-electron chi connectivity index (χ3n) is 2.41. The molecule has 1 aliphatic heterocycles. The molecule has 0 fully saturated rings. The minimum absolute atomic E-state index is 0.0475. The molecule has 1 aromatic heterocycles. The fourth-order valence-corrected chi connectivity index (χ4v) is 1.59. The number of hydrogen-bond acceptors (Lipinski definition) is 5. The smallest absolute Gasteiger partial charge is 0.252 e. The first-order valence-electron chi connectivity index (χ1n) is 5.18. The number of carbonyl (C=O) groups is 2. The number of amides is 2. The zero-order valence-electron chi connectivity index (χ0n) is 9.34. The number of hydrogen-bond donors (Lipinski definition) is 2. The molecule has 92 valence electrons. The molecule has 0 saturated heterocycles. The predicted octanol–water partition coefficient (Wildman–Crippen LogP) is -1.08. The number of rotatable bonds is 5. The van der Waals surface area contributed by atoms with E-state index in [1.54, 1.807) is 7.11 Å². The van der Waals surface area contributed by atoms with Crippen LogP contribution >= 0.6 is 0 Å². The molecule has 1 aliphatic rings. The summed E-state index contributed by atoms with van der Waals surface area (Å²) < 4.78 is 6.22. The van der Waals surface area contributed by atoms with E-state index in [9.17, 15) is 9.59 Å². The van der Waals surface area contributed by atoms with Crippen molar-refractivity contribution in [3.8, 4) is 0 Å². The zero-order valence-corrected chi connectivity index (χ0v) is 9.34. The van der Waals surface area contributed by atoms with Crippen molar-refractivity contribution >= 4 is 17.8 Å². The van der Waals surface area contributed by atoms with Gasteiger partial charge >= 0.3 is 0 Å². The molecule has 0 aliphatic carbocycles. The van der Waals surface area contributed by atoms with Gasteiger partial charge in [0.1, 0.15) is 12.4 Å². The van der Waals surface area contributed by atoms with Crippen LogP contribution in [-0.4, -0.2) is 46.8 Å². The van der Waals surface area contributed by atoms with Crippen LogP contribution in [0, 0.1) is 0 Å². The lowest BCUT2D eigenvalue weighted by Gasteiger charge is -2.08. The molecular weight excluding hydrogens is 226 g/mol. The van der Waals surface area contributed by atoms with E-state index >= 15 is 0 Å². The molecule has 2 heterocycles. The summed E-state index contributed by atoms with van der Waals surface area (Å²) in [4.78, 5) is 26.9. The van der Waals surface area contributed by atoms with E-state index in [-0.39, 0.29) is 18.2 Å². The minimum atomic E-state index is -0.616. The van der Waals surface area contributed by atoms with Gasteiger partial charge in [-0.25, -0.2) is 4.68 Å². The number of nitrogens with one attached hydrogen (secondary N) is 2. The zero-order chi connectivity index (χ0) is 12.3. The van der Waals surface area contributed by atoms with Crippen LogP contribution < -0.4 is 10.6 Å². The fraction of sp³-hybridized carbons (Fsp3) is 0.556. The molecule has 2 amide bonds. The van der Waals surface area contributed by atoms with Crippen LogP contribution in [0.4, 0.5) is 5.95 Å². The summed E-state index contributed by atoms with van der Waals surface area (Å²) in [5, 5.41) is 9.09. The number of carbonyl (C=O) groups excluding carboxylic acids is 2. The van der Waals surface area contributed by atoms with E-state index in [0.717, 1.165) is 0 Å². The predicted molar refractivity (Wildman–Crippen MR) is 57.2 cm³/mol. The van der Waals surface area contributed by atoms with Crippen molar-refractivity contribution in [1.82, 2.24) is 20.1 Å². The van der Waals surface area contributed by atoms with Crippen molar-refractivity contribution in [2.24, 2.45) is 0 Å². The Labute approximate surface area is 97.3 Å². The highest BCUT2D eigenvalue weighted by molar-refractivity contribution is 5.98. The van der Waals surface area contributed by atoms with Gasteiger partial charge in [0.05, 0.1) is 13.0 Å². The molecule has 0 radical (unpaired) electrons. The minimum Gasteiger partial charge on any atom is -0.383 e. The monoisotopic (exact) mass is 239 g/mol. The Hall–Kier alpha value is -1.96. The van der Waals surface area contributed by atoms with Crippen LogP contribution in [-0.2, 0) is 14.3 Å². The lowest BCUT2D eigenvalue weighted by atomic mass is 10.2. The molecule has 1 aromatic rings. The van der Waals surface area contributed by atoms with E-state index in [1.165, 1.54) is 11.0 Å². The quantitative estimate of drug-likeness (QED) is 0.637. The summed E-state index contributed by atoms with van der Waals surface area (Å²) >= 11 is 0. The normalized spacial score (nSPS) is 17.7. The van der Waals surface area contributed by atoms with Crippen molar-refractivity contribution in [3.05, 3.63) is 6.33 Å². The molecule has 0 bridgehead atoms. The summed E-state index contributed by atoms with van der Waals surface area (Å²) in [7, 11) is 1.55. The fourth-order valence-electron chi connectivity index (χ4n) is 1.59. The SMILES string of the molecule is COCCNC(=O)CC1C(=O)Nc2ncnn21. The van der Waals surface area contributed by atoms with Gasteiger partial charge in [-0.15, -0.1) is 0 Å². The van der Waals surface area contributed by atoms with Crippen LogP contribution in [0.15, 0.2) is 6.33 Å². The highest BCUT2D eigenvalue weighted by Gasteiger charge is 2.33. The van der Waals surface area contributed by atoms with Crippen LogP contribution in [0.25, 0.3) is 0 Å². The van der Waals surface area contributed by atoms with Gasteiger partial charge in [-0.1, -0.05) is 0 Å². The molecule has 1 unspecified atom stereocenters. The van der Waals surface area contributed by atoms with Gasteiger partial charge in [-0.2, -0.15) is 10.1 Å². The first-order valence-corrected chi connectivity index (χ1v) is 5.18. The number of aromatic nitrogens is 3. The van der Waals surface area contributed by atoms with Crippen molar-refractivity contribution in [2.75, 3.05) is 25.6 Å². The number of nitrogens with zero attached hydrogens (tertiary/aromatic N) is 3. The number of anilines is 1. The Bertz CT molecular complexity index is 430. The van der Waals surface area contributed by atoms with Gasteiger partial charge in [0, 0.05) is 13.7 Å². The number of ether oxygens (including phenoxy) is 1. The van der Waals surface area contributed by atoms with Crippen molar-refractivity contribution in [3.63, 3.8) is 0 Å². The van der Waals surface area contributed by atoms with Gasteiger partial charge < -0.3 is 10.1 Å². The molecule has 2 rings (SSSR count). The van der Waals surface area contributed by atoms with Crippen molar-refractivity contribution < 1.29 is 14.3 Å². The molecule has 8 heteroatoms. The Kier molecular flexibility index (Phi) is 3.33. The van der Waals surface area contributed by atoms with Gasteiger partial charge in [0.15, 0.2) is 0 Å². The molecule has 2 N–H and O–H groups in total. The average Bonchev–Trinajstić information content (AvgIpc) is 2.83. The maximum atomic E-state index is 11.5. The second kappa shape index (κ2) is 4.91. The van der Waals surface area contributed by atoms with Gasteiger partial charge in [0.2, 0.25) is 11.9 Å². The van der Waals surface area contributed by atoms with E-state index < -0.39 is 6.04 Å². The molecule has 0 aromatic carbocycles. The molecule has 8 nitrogen and oxygen atoms in total. The maximum Gasteiger partial charge on any atom is 0.252 e. The molecule has 1 atom stereocenters. The Morgan fingerprint density at radius 1 is 1.71 bits per heavy atom. The number of methoxy groups -OCH3 is 1. The van der Waals surface area contributed by atoms with Crippen molar-refractivity contribution in [1.29, 1.82) is 0 Å². The third kappa shape index (κ3) is 2.41. The first-order chi connectivity index (χ1) is 8.22. The van der Waals surface area contributed by atoms with E-state index in [1.807, 2.05) is 0 Å². The lowest BCUT2D eigenvalue weighted by molar-refractivity contribution is -0.126. The van der Waals surface area contributed by atoms with Crippen molar-refractivity contribution in [2.45, 2.75) is 12.5 Å². The third-order valence-corrected chi connectivity index (χ3v) is 2.41. The van der Waals surface area contributed by atoms with Gasteiger partial charge in [-0.05, 0) is 0 Å². The summed E-state index contributed by atoms with van der Waals surface area (Å²) in [6.07, 6.45) is 1.39. The maximum absolute atomic E-state index is 11.5. The number of fused-ring (bicyclic) bond motifs is 1. The Balaban J connectivity index is 1.91. The van der Waals surface area contributed by atoms with Gasteiger partial charge in [-0.3, -0.25) is 14.9 Å². The Morgan fingerprint density at radius 2 is 2.53 bits per heavy atom. The van der Waals surface area contributed by atoms with Crippen LogP contribution in [0.1, 0.15) is 12.5 Å². The second-order valence-electron chi connectivity index (χ2n) is 3.58. The average molecular weight is 239 g/mol. The van der Waals surface area contributed by atoms with E-state index in [2.05, 4.69) is 20.7 Å². The van der Waals surface area contributed by atoms with E-state index in [4.69, 9.17) is 4.74 Å². The highest BCUT2D eigenvalue weighted by Crippen LogP contribution is 2.23. The molecular formula is C9H13N5O3. The lowest BCUT2D eigenvalue weighted by Crippen LogP contribution is -2.31. The van der Waals surface area contributed by atoms with Crippen LogP contribution in [0.2, 0.25) is 0 Å². The first kappa shape index (κ1) is 11.5. The molecule has 17 heavy (non-hydrogen) atoms. The van der Waals surface area contributed by atoms with Crippen LogP contribution in [0.3, 0.4) is 0 Å². The molecule has 0 spiro atoms. The standard InChI is InChI=1S/C9H13N5O3/c1-17-3-2-10-7(15)4-6-8(16)13-9-11-5-12-14(6)9/h5-6H,2-4H2,1H3,(H,10,15)(H,11,12,13,16).